The first-order valence-electron chi connectivity index (χ1n) is 8.60. The van der Waals surface area contributed by atoms with Gasteiger partial charge in [0.2, 0.25) is 5.91 Å². The van der Waals surface area contributed by atoms with Crippen LogP contribution in [-0.4, -0.2) is 28.4 Å². The van der Waals surface area contributed by atoms with Gasteiger partial charge in [0.25, 0.3) is 0 Å². The molecule has 5 nitrogen and oxygen atoms in total. The molecule has 1 amide bonds. The molecule has 0 radical (unpaired) electrons. The first kappa shape index (κ1) is 17.0. The number of fused-ring (bicyclic) bond motifs is 1. The summed E-state index contributed by atoms with van der Waals surface area (Å²) in [6, 6.07) is 13.8. The van der Waals surface area contributed by atoms with E-state index in [0.29, 0.717) is 26.0 Å². The molecule has 0 spiro atoms. The largest absolute Gasteiger partial charge is 0.493 e. The molecule has 0 bridgehead atoms. The Labute approximate surface area is 147 Å². The van der Waals surface area contributed by atoms with Gasteiger partial charge >= 0.3 is 0 Å². The lowest BCUT2D eigenvalue weighted by atomic mass is 10.2. The van der Waals surface area contributed by atoms with Crippen molar-refractivity contribution in [1.29, 1.82) is 0 Å². The Hall–Kier alpha value is -2.82. The Morgan fingerprint density at radius 2 is 2.04 bits per heavy atom. The molecule has 1 N–H and O–H groups in total. The molecule has 1 aromatic carbocycles. The molecular weight excluding hydrogens is 314 g/mol. The van der Waals surface area contributed by atoms with Crippen molar-refractivity contribution in [2.24, 2.45) is 0 Å². The number of ether oxygens (including phenoxy) is 1. The zero-order valence-corrected chi connectivity index (χ0v) is 14.4. The molecule has 0 aliphatic rings. The Morgan fingerprint density at radius 1 is 1.20 bits per heavy atom. The number of pyridine rings is 1. The van der Waals surface area contributed by atoms with Gasteiger partial charge in [0.1, 0.15) is 11.4 Å². The molecule has 0 saturated carbocycles. The highest BCUT2D eigenvalue weighted by molar-refractivity contribution is 5.75. The fourth-order valence-corrected chi connectivity index (χ4v) is 2.66. The molecule has 0 unspecified atom stereocenters. The number of imidazole rings is 1. The standard InChI is InChI=1S/C20H23N3O2/c1-16-7-2-3-8-18(16)25-14-6-10-20(24)21-12-11-17-15-23-13-5-4-9-19(23)22-17/h2-5,7-9,13,15H,6,10-12,14H2,1H3,(H,21,24). The molecule has 2 heterocycles. The Balaban J connectivity index is 1.33. The third-order valence-electron chi connectivity index (χ3n) is 4.02. The zero-order chi connectivity index (χ0) is 17.5. The summed E-state index contributed by atoms with van der Waals surface area (Å²) in [5, 5.41) is 2.94. The molecule has 130 valence electrons. The topological polar surface area (TPSA) is 55.6 Å². The van der Waals surface area contributed by atoms with Crippen molar-refractivity contribution >= 4 is 11.6 Å². The average molecular weight is 337 g/mol. The minimum absolute atomic E-state index is 0.0529. The van der Waals surface area contributed by atoms with E-state index in [0.717, 1.165) is 29.1 Å². The number of nitrogens with zero attached hydrogens (tertiary/aromatic N) is 2. The number of carbonyl (C=O) groups excluding carboxylic acids is 1. The third kappa shape index (κ3) is 4.83. The zero-order valence-electron chi connectivity index (χ0n) is 14.4. The monoisotopic (exact) mass is 337 g/mol. The van der Waals surface area contributed by atoms with Crippen LogP contribution in [0.3, 0.4) is 0 Å². The quantitative estimate of drug-likeness (QED) is 0.642. The van der Waals surface area contributed by atoms with Gasteiger partial charge in [-0.2, -0.15) is 0 Å². The molecule has 3 aromatic rings. The maximum absolute atomic E-state index is 11.9. The molecular formula is C20H23N3O2. The van der Waals surface area contributed by atoms with Gasteiger partial charge in [-0.3, -0.25) is 4.79 Å². The van der Waals surface area contributed by atoms with Gasteiger partial charge in [0.15, 0.2) is 0 Å². The molecule has 0 fully saturated rings. The van der Waals surface area contributed by atoms with E-state index in [-0.39, 0.29) is 5.91 Å². The van der Waals surface area contributed by atoms with Gasteiger partial charge in [-0.25, -0.2) is 4.98 Å². The highest BCUT2D eigenvalue weighted by Gasteiger charge is 2.04. The summed E-state index contributed by atoms with van der Waals surface area (Å²) in [6.45, 7) is 3.16. The lowest BCUT2D eigenvalue weighted by Gasteiger charge is -2.08. The van der Waals surface area contributed by atoms with Crippen LogP contribution >= 0.6 is 0 Å². The minimum Gasteiger partial charge on any atom is -0.493 e. The summed E-state index contributed by atoms with van der Waals surface area (Å²) in [7, 11) is 0. The lowest BCUT2D eigenvalue weighted by molar-refractivity contribution is -0.121. The molecule has 0 saturated heterocycles. The summed E-state index contributed by atoms with van der Waals surface area (Å²) in [5.74, 6) is 0.937. The van der Waals surface area contributed by atoms with Crippen LogP contribution in [0.25, 0.3) is 5.65 Å². The van der Waals surface area contributed by atoms with Crippen LogP contribution in [0.1, 0.15) is 24.1 Å². The second-order valence-electron chi connectivity index (χ2n) is 6.02. The Bertz CT molecular complexity index is 809. The van der Waals surface area contributed by atoms with Gasteiger partial charge in [-0.05, 0) is 37.1 Å². The fraction of sp³-hybridized carbons (Fsp3) is 0.300. The molecule has 0 aliphatic heterocycles. The van der Waals surface area contributed by atoms with Gasteiger partial charge in [0, 0.05) is 31.8 Å². The molecule has 2 aromatic heterocycles. The van der Waals surface area contributed by atoms with E-state index in [1.165, 1.54) is 0 Å². The SMILES string of the molecule is Cc1ccccc1OCCCC(=O)NCCc1cn2ccccc2n1. The molecule has 25 heavy (non-hydrogen) atoms. The van der Waals surface area contributed by atoms with Crippen LogP contribution in [-0.2, 0) is 11.2 Å². The molecule has 0 atom stereocenters. The normalized spacial score (nSPS) is 10.8. The van der Waals surface area contributed by atoms with Crippen LogP contribution in [0.5, 0.6) is 5.75 Å². The van der Waals surface area contributed by atoms with Crippen molar-refractivity contribution in [3.8, 4) is 5.75 Å². The number of aryl methyl sites for hydroxylation is 1. The predicted octanol–water partition coefficient (Wildman–Crippen LogP) is 3.16. The van der Waals surface area contributed by atoms with Crippen molar-refractivity contribution in [3.05, 3.63) is 66.1 Å². The Morgan fingerprint density at radius 3 is 2.88 bits per heavy atom. The predicted molar refractivity (Wildman–Crippen MR) is 97.8 cm³/mol. The van der Waals surface area contributed by atoms with E-state index in [2.05, 4.69) is 10.3 Å². The summed E-state index contributed by atoms with van der Waals surface area (Å²) in [4.78, 5) is 16.4. The number of carbonyl (C=O) groups is 1. The number of nitrogens with one attached hydrogen (secondary N) is 1. The minimum atomic E-state index is 0.0529. The number of hydrogen-bond donors (Lipinski definition) is 1. The van der Waals surface area contributed by atoms with Crippen molar-refractivity contribution < 1.29 is 9.53 Å². The molecule has 3 rings (SSSR count). The van der Waals surface area contributed by atoms with Crippen LogP contribution in [0.2, 0.25) is 0 Å². The maximum Gasteiger partial charge on any atom is 0.220 e. The lowest BCUT2D eigenvalue weighted by Crippen LogP contribution is -2.25. The Kier molecular flexibility index (Phi) is 5.67. The van der Waals surface area contributed by atoms with Gasteiger partial charge in [0.05, 0.1) is 12.3 Å². The van der Waals surface area contributed by atoms with E-state index in [1.54, 1.807) is 0 Å². The highest BCUT2D eigenvalue weighted by Crippen LogP contribution is 2.16. The number of aromatic nitrogens is 2. The van der Waals surface area contributed by atoms with Crippen LogP contribution in [0.15, 0.2) is 54.9 Å². The van der Waals surface area contributed by atoms with Crippen molar-refractivity contribution in [3.63, 3.8) is 0 Å². The maximum atomic E-state index is 11.9. The molecule has 0 aliphatic carbocycles. The van der Waals surface area contributed by atoms with Gasteiger partial charge in [-0.1, -0.05) is 24.3 Å². The van der Waals surface area contributed by atoms with E-state index >= 15 is 0 Å². The van der Waals surface area contributed by atoms with Crippen molar-refractivity contribution in [2.45, 2.75) is 26.2 Å². The smallest absolute Gasteiger partial charge is 0.220 e. The molecule has 5 heteroatoms. The first-order chi connectivity index (χ1) is 12.2. The highest BCUT2D eigenvalue weighted by atomic mass is 16.5. The number of benzene rings is 1. The third-order valence-corrected chi connectivity index (χ3v) is 4.02. The van der Waals surface area contributed by atoms with E-state index < -0.39 is 0 Å². The number of para-hydroxylation sites is 1. The second-order valence-corrected chi connectivity index (χ2v) is 6.02. The summed E-state index contributed by atoms with van der Waals surface area (Å²) >= 11 is 0. The summed E-state index contributed by atoms with van der Waals surface area (Å²) in [5.41, 5.74) is 3.02. The number of rotatable bonds is 8. The van der Waals surface area contributed by atoms with Crippen molar-refractivity contribution in [1.82, 2.24) is 14.7 Å². The van der Waals surface area contributed by atoms with Gasteiger partial charge < -0.3 is 14.5 Å². The fourth-order valence-electron chi connectivity index (χ4n) is 2.66. The van der Waals surface area contributed by atoms with E-state index in [4.69, 9.17) is 4.74 Å². The summed E-state index contributed by atoms with van der Waals surface area (Å²) in [6.07, 6.45) is 5.87. The second kappa shape index (κ2) is 8.33. The number of hydrogen-bond acceptors (Lipinski definition) is 3. The van der Waals surface area contributed by atoms with Gasteiger partial charge in [-0.15, -0.1) is 0 Å². The van der Waals surface area contributed by atoms with Crippen LogP contribution < -0.4 is 10.1 Å². The first-order valence-corrected chi connectivity index (χ1v) is 8.60. The van der Waals surface area contributed by atoms with E-state index in [9.17, 15) is 4.79 Å². The van der Waals surface area contributed by atoms with E-state index in [1.807, 2.05) is 66.2 Å². The van der Waals surface area contributed by atoms with Crippen molar-refractivity contribution in [2.75, 3.05) is 13.2 Å². The van der Waals surface area contributed by atoms with Crippen LogP contribution in [0, 0.1) is 6.92 Å². The summed E-state index contributed by atoms with van der Waals surface area (Å²) < 4.78 is 7.69. The number of amides is 1. The van der Waals surface area contributed by atoms with Crippen LogP contribution in [0.4, 0.5) is 0 Å². The average Bonchev–Trinajstić information content (AvgIpc) is 3.03.